The predicted octanol–water partition coefficient (Wildman–Crippen LogP) is 2.93. The SMILES string of the molecule is CN(c1ccc(OCC(=O)NCc2cccc3ccccc23)cc1)S(C)(=O)=O. The number of nitrogens with zero attached hydrogens (tertiary/aromatic N) is 1. The van der Waals surface area contributed by atoms with Crippen molar-refractivity contribution in [2.24, 2.45) is 0 Å². The Morgan fingerprint density at radius 3 is 2.39 bits per heavy atom. The predicted molar refractivity (Wildman–Crippen MR) is 111 cm³/mol. The number of nitrogens with one attached hydrogen (secondary N) is 1. The van der Waals surface area contributed by atoms with Gasteiger partial charge in [-0.3, -0.25) is 9.10 Å². The normalized spacial score (nSPS) is 11.2. The second-order valence-corrected chi connectivity index (χ2v) is 8.44. The second kappa shape index (κ2) is 8.31. The number of amides is 1. The maximum Gasteiger partial charge on any atom is 0.258 e. The van der Waals surface area contributed by atoms with E-state index in [1.54, 1.807) is 24.3 Å². The molecule has 1 N–H and O–H groups in total. The third-order valence-electron chi connectivity index (χ3n) is 4.42. The molecule has 6 nitrogen and oxygen atoms in total. The minimum absolute atomic E-state index is 0.119. The number of sulfonamides is 1. The number of carbonyl (C=O) groups is 1. The van der Waals surface area contributed by atoms with E-state index in [9.17, 15) is 13.2 Å². The summed E-state index contributed by atoms with van der Waals surface area (Å²) in [6.45, 7) is 0.299. The van der Waals surface area contributed by atoms with Crippen LogP contribution in [0.3, 0.4) is 0 Å². The highest BCUT2D eigenvalue weighted by atomic mass is 32.2. The highest BCUT2D eigenvalue weighted by Gasteiger charge is 2.12. The van der Waals surface area contributed by atoms with Crippen LogP contribution in [0.2, 0.25) is 0 Å². The molecule has 1 amide bonds. The number of hydrogen-bond donors (Lipinski definition) is 1. The van der Waals surface area contributed by atoms with Crippen LogP contribution in [0.15, 0.2) is 66.7 Å². The minimum Gasteiger partial charge on any atom is -0.484 e. The number of anilines is 1. The van der Waals surface area contributed by atoms with Crippen LogP contribution in [0.1, 0.15) is 5.56 Å². The first-order chi connectivity index (χ1) is 13.3. The van der Waals surface area contributed by atoms with Crippen LogP contribution in [-0.4, -0.2) is 34.2 Å². The maximum absolute atomic E-state index is 12.1. The summed E-state index contributed by atoms with van der Waals surface area (Å²) in [6.07, 6.45) is 1.14. The number of hydrogen-bond acceptors (Lipinski definition) is 4. The molecular weight excluding hydrogens is 376 g/mol. The molecule has 0 aromatic heterocycles. The van der Waals surface area contributed by atoms with E-state index in [1.165, 1.54) is 11.4 Å². The monoisotopic (exact) mass is 398 g/mol. The molecule has 0 heterocycles. The van der Waals surface area contributed by atoms with E-state index < -0.39 is 10.0 Å². The molecule has 0 fully saturated rings. The molecule has 0 bridgehead atoms. The fourth-order valence-corrected chi connectivity index (χ4v) is 3.29. The molecular formula is C21H22N2O4S. The number of fused-ring (bicyclic) bond motifs is 1. The van der Waals surface area contributed by atoms with Crippen molar-refractivity contribution < 1.29 is 17.9 Å². The molecule has 0 saturated carbocycles. The molecule has 0 radical (unpaired) electrons. The van der Waals surface area contributed by atoms with E-state index in [4.69, 9.17) is 4.74 Å². The Morgan fingerprint density at radius 1 is 1.00 bits per heavy atom. The van der Waals surface area contributed by atoms with Crippen molar-refractivity contribution in [1.29, 1.82) is 0 Å². The molecule has 0 unspecified atom stereocenters. The molecule has 0 aliphatic heterocycles. The Balaban J connectivity index is 1.54. The Kier molecular flexibility index (Phi) is 5.84. The van der Waals surface area contributed by atoms with Gasteiger partial charge in [0.15, 0.2) is 6.61 Å². The lowest BCUT2D eigenvalue weighted by Crippen LogP contribution is -2.28. The van der Waals surface area contributed by atoms with Gasteiger partial charge < -0.3 is 10.1 Å². The standard InChI is InChI=1S/C21H22N2O4S/c1-23(28(2,25)26)18-10-12-19(13-11-18)27-15-21(24)22-14-17-8-5-7-16-6-3-4-9-20(16)17/h3-13H,14-15H2,1-2H3,(H,22,24). The van der Waals surface area contributed by atoms with Gasteiger partial charge in [0.1, 0.15) is 5.75 Å². The van der Waals surface area contributed by atoms with Gasteiger partial charge in [0.2, 0.25) is 10.0 Å². The Hall–Kier alpha value is -3.06. The Labute approximate surface area is 164 Å². The van der Waals surface area contributed by atoms with Crippen LogP contribution < -0.4 is 14.4 Å². The van der Waals surface area contributed by atoms with Gasteiger partial charge in [-0.2, -0.15) is 0 Å². The van der Waals surface area contributed by atoms with Gasteiger partial charge in [-0.05, 0) is 40.6 Å². The van der Waals surface area contributed by atoms with E-state index in [1.807, 2.05) is 42.5 Å². The lowest BCUT2D eigenvalue weighted by Gasteiger charge is -2.16. The van der Waals surface area contributed by atoms with Crippen molar-refractivity contribution in [3.05, 3.63) is 72.3 Å². The van der Waals surface area contributed by atoms with Crippen LogP contribution in [0.5, 0.6) is 5.75 Å². The van der Waals surface area contributed by atoms with E-state index in [0.717, 1.165) is 22.6 Å². The van der Waals surface area contributed by atoms with Crippen molar-refractivity contribution in [3.8, 4) is 5.75 Å². The minimum atomic E-state index is -3.32. The fraction of sp³-hybridized carbons (Fsp3) is 0.190. The third kappa shape index (κ3) is 4.80. The number of rotatable bonds is 7. The first-order valence-corrected chi connectivity index (χ1v) is 10.6. The molecule has 7 heteroatoms. The highest BCUT2D eigenvalue weighted by molar-refractivity contribution is 7.92. The molecule has 3 aromatic carbocycles. The topological polar surface area (TPSA) is 75.7 Å². The zero-order chi connectivity index (χ0) is 20.1. The first kappa shape index (κ1) is 19.7. The Morgan fingerprint density at radius 2 is 1.68 bits per heavy atom. The molecule has 3 rings (SSSR count). The van der Waals surface area contributed by atoms with E-state index in [-0.39, 0.29) is 12.5 Å². The van der Waals surface area contributed by atoms with Crippen molar-refractivity contribution in [2.75, 3.05) is 24.2 Å². The van der Waals surface area contributed by atoms with Crippen LogP contribution >= 0.6 is 0 Å². The average molecular weight is 398 g/mol. The van der Waals surface area contributed by atoms with Crippen molar-refractivity contribution in [1.82, 2.24) is 5.32 Å². The lowest BCUT2D eigenvalue weighted by atomic mass is 10.0. The van der Waals surface area contributed by atoms with Gasteiger partial charge >= 0.3 is 0 Å². The molecule has 0 aliphatic rings. The zero-order valence-electron chi connectivity index (χ0n) is 15.8. The summed E-state index contributed by atoms with van der Waals surface area (Å²) < 4.78 is 29.7. The summed E-state index contributed by atoms with van der Waals surface area (Å²) in [7, 11) is -1.84. The van der Waals surface area contributed by atoms with Gasteiger partial charge in [-0.25, -0.2) is 8.42 Å². The summed E-state index contributed by atoms with van der Waals surface area (Å²) in [5.41, 5.74) is 1.56. The summed E-state index contributed by atoms with van der Waals surface area (Å²) in [5.74, 6) is 0.260. The largest absolute Gasteiger partial charge is 0.484 e. The number of ether oxygens (including phenoxy) is 1. The van der Waals surface area contributed by atoms with Gasteiger partial charge in [0, 0.05) is 13.6 Å². The van der Waals surface area contributed by atoms with Crippen LogP contribution in [-0.2, 0) is 21.4 Å². The highest BCUT2D eigenvalue weighted by Crippen LogP contribution is 2.20. The second-order valence-electron chi connectivity index (χ2n) is 6.43. The van der Waals surface area contributed by atoms with Crippen molar-refractivity contribution >= 4 is 32.4 Å². The molecule has 0 saturated heterocycles. The van der Waals surface area contributed by atoms with Crippen LogP contribution in [0.4, 0.5) is 5.69 Å². The summed E-state index contributed by atoms with van der Waals surface area (Å²) >= 11 is 0. The van der Waals surface area contributed by atoms with Crippen LogP contribution in [0, 0.1) is 0 Å². The zero-order valence-corrected chi connectivity index (χ0v) is 16.6. The van der Waals surface area contributed by atoms with Crippen molar-refractivity contribution in [2.45, 2.75) is 6.54 Å². The first-order valence-electron chi connectivity index (χ1n) is 8.75. The summed E-state index contributed by atoms with van der Waals surface area (Å²) in [6, 6.07) is 20.5. The molecule has 28 heavy (non-hydrogen) atoms. The van der Waals surface area contributed by atoms with Gasteiger partial charge in [0.25, 0.3) is 5.91 Å². The molecule has 3 aromatic rings. The molecule has 0 spiro atoms. The van der Waals surface area contributed by atoms with Crippen LogP contribution in [0.25, 0.3) is 10.8 Å². The van der Waals surface area contributed by atoms with Gasteiger partial charge in [0.05, 0.1) is 11.9 Å². The lowest BCUT2D eigenvalue weighted by molar-refractivity contribution is -0.123. The van der Waals surface area contributed by atoms with Gasteiger partial charge in [-0.1, -0.05) is 42.5 Å². The van der Waals surface area contributed by atoms with E-state index in [2.05, 4.69) is 5.32 Å². The number of benzene rings is 3. The summed E-state index contributed by atoms with van der Waals surface area (Å²) in [4.78, 5) is 12.1. The molecule has 0 aliphatic carbocycles. The third-order valence-corrected chi connectivity index (χ3v) is 5.63. The van der Waals surface area contributed by atoms with E-state index >= 15 is 0 Å². The van der Waals surface area contributed by atoms with E-state index in [0.29, 0.717) is 18.0 Å². The summed E-state index contributed by atoms with van der Waals surface area (Å²) in [5, 5.41) is 5.10. The maximum atomic E-state index is 12.1. The quantitative estimate of drug-likeness (QED) is 0.664. The number of carbonyl (C=O) groups excluding carboxylic acids is 1. The molecule has 146 valence electrons. The van der Waals surface area contributed by atoms with Gasteiger partial charge in [-0.15, -0.1) is 0 Å². The fourth-order valence-electron chi connectivity index (χ4n) is 2.78. The smallest absolute Gasteiger partial charge is 0.258 e. The Bertz CT molecular complexity index is 1070. The molecule has 0 atom stereocenters. The average Bonchev–Trinajstić information content (AvgIpc) is 2.69. The van der Waals surface area contributed by atoms with Crippen molar-refractivity contribution in [3.63, 3.8) is 0 Å².